The Bertz CT molecular complexity index is 734. The third-order valence-electron chi connectivity index (χ3n) is 3.41. The van der Waals surface area contributed by atoms with E-state index >= 15 is 0 Å². The minimum atomic E-state index is -0.114. The summed E-state index contributed by atoms with van der Waals surface area (Å²) in [7, 11) is 2.01. The van der Waals surface area contributed by atoms with Crippen LogP contribution in [-0.4, -0.2) is 9.55 Å². The van der Waals surface area contributed by atoms with Crippen LogP contribution in [0.5, 0.6) is 0 Å². The van der Waals surface area contributed by atoms with E-state index in [0.717, 1.165) is 22.6 Å². The number of para-hydroxylation sites is 2. The van der Waals surface area contributed by atoms with Gasteiger partial charge in [0.25, 0.3) is 0 Å². The van der Waals surface area contributed by atoms with Crippen LogP contribution in [0.15, 0.2) is 45.5 Å². The van der Waals surface area contributed by atoms with E-state index in [2.05, 4.69) is 37.0 Å². The summed E-state index contributed by atoms with van der Waals surface area (Å²) < 4.78 is 8.33. The number of aromatic nitrogens is 2. The molecule has 0 amide bonds. The molecule has 20 heavy (non-hydrogen) atoms. The second-order valence-corrected chi connectivity index (χ2v) is 5.42. The zero-order valence-corrected chi connectivity index (χ0v) is 12.6. The van der Waals surface area contributed by atoms with Gasteiger partial charge in [0.2, 0.25) is 0 Å². The highest BCUT2D eigenvalue weighted by Gasteiger charge is 2.18. The molecule has 0 fully saturated rings. The molecule has 2 heterocycles. The van der Waals surface area contributed by atoms with Crippen molar-refractivity contribution in [2.75, 3.05) is 0 Å². The van der Waals surface area contributed by atoms with Gasteiger partial charge < -0.3 is 8.98 Å². The topological polar surface area (TPSA) is 69.0 Å². The number of hydrogen-bond acceptors (Lipinski definition) is 4. The third-order valence-corrected chi connectivity index (χ3v) is 3.83. The highest BCUT2D eigenvalue weighted by molar-refractivity contribution is 9.10. The summed E-state index contributed by atoms with van der Waals surface area (Å²) in [6.07, 6.45) is 0.654. The number of halogens is 1. The van der Waals surface area contributed by atoms with Gasteiger partial charge in [-0.25, -0.2) is 10.4 Å². The Labute approximate surface area is 124 Å². The minimum absolute atomic E-state index is 0.114. The van der Waals surface area contributed by atoms with Gasteiger partial charge in [-0.2, -0.15) is 0 Å². The molecule has 2 aromatic heterocycles. The van der Waals surface area contributed by atoms with E-state index in [1.807, 2.05) is 37.4 Å². The molecule has 0 aliphatic rings. The lowest BCUT2D eigenvalue weighted by Crippen LogP contribution is -2.30. The molecule has 5 nitrogen and oxygen atoms in total. The molecule has 0 aliphatic heterocycles. The average Bonchev–Trinajstić information content (AvgIpc) is 3.01. The molecule has 0 aliphatic carbocycles. The molecule has 1 atom stereocenters. The van der Waals surface area contributed by atoms with Crippen molar-refractivity contribution < 1.29 is 4.42 Å². The first-order valence-corrected chi connectivity index (χ1v) is 7.10. The maximum Gasteiger partial charge on any atom is 0.169 e. The molecule has 1 unspecified atom stereocenters. The average molecular weight is 335 g/mol. The van der Waals surface area contributed by atoms with Crippen molar-refractivity contribution in [1.82, 2.24) is 15.0 Å². The molecule has 1 aromatic carbocycles. The second kappa shape index (κ2) is 5.40. The first-order chi connectivity index (χ1) is 9.69. The zero-order chi connectivity index (χ0) is 14.1. The third kappa shape index (κ3) is 2.37. The van der Waals surface area contributed by atoms with Gasteiger partial charge in [0.05, 0.1) is 17.1 Å². The summed E-state index contributed by atoms with van der Waals surface area (Å²) in [5.74, 6) is 7.39. The molecule has 0 radical (unpaired) electrons. The molecular weight excluding hydrogens is 320 g/mol. The van der Waals surface area contributed by atoms with Crippen LogP contribution in [-0.2, 0) is 13.5 Å². The summed E-state index contributed by atoms with van der Waals surface area (Å²) in [6.45, 7) is 0. The van der Waals surface area contributed by atoms with Crippen molar-refractivity contribution in [3.05, 3.63) is 52.7 Å². The molecule has 0 saturated carbocycles. The Kier molecular flexibility index (Phi) is 3.60. The van der Waals surface area contributed by atoms with Crippen molar-refractivity contribution in [1.29, 1.82) is 0 Å². The van der Waals surface area contributed by atoms with Crippen LogP contribution in [0, 0.1) is 0 Å². The van der Waals surface area contributed by atoms with E-state index in [0.29, 0.717) is 11.1 Å². The van der Waals surface area contributed by atoms with Crippen LogP contribution in [0.2, 0.25) is 0 Å². The van der Waals surface area contributed by atoms with Gasteiger partial charge in [0.15, 0.2) is 4.67 Å². The first kappa shape index (κ1) is 13.4. The first-order valence-electron chi connectivity index (χ1n) is 6.30. The maximum absolute atomic E-state index is 5.64. The summed E-state index contributed by atoms with van der Waals surface area (Å²) in [4.78, 5) is 4.65. The lowest BCUT2D eigenvalue weighted by molar-refractivity contribution is 0.399. The predicted octanol–water partition coefficient (Wildman–Crippen LogP) is 2.68. The van der Waals surface area contributed by atoms with Gasteiger partial charge in [0, 0.05) is 13.5 Å². The van der Waals surface area contributed by atoms with Gasteiger partial charge in [-0.05, 0) is 40.2 Å². The quantitative estimate of drug-likeness (QED) is 0.568. The Morgan fingerprint density at radius 2 is 2.15 bits per heavy atom. The van der Waals surface area contributed by atoms with Crippen LogP contribution >= 0.6 is 15.9 Å². The second-order valence-electron chi connectivity index (χ2n) is 4.64. The fraction of sp³-hybridized carbons (Fsp3) is 0.214. The number of aryl methyl sites for hydroxylation is 1. The number of hydrazine groups is 1. The van der Waals surface area contributed by atoms with Crippen LogP contribution in [0.1, 0.15) is 17.6 Å². The van der Waals surface area contributed by atoms with Crippen LogP contribution in [0.25, 0.3) is 11.0 Å². The van der Waals surface area contributed by atoms with Gasteiger partial charge in [-0.15, -0.1) is 0 Å². The van der Waals surface area contributed by atoms with Crippen molar-refractivity contribution in [2.24, 2.45) is 12.9 Å². The molecule has 0 spiro atoms. The number of furan rings is 1. The predicted molar refractivity (Wildman–Crippen MR) is 80.9 cm³/mol. The molecule has 3 aromatic rings. The van der Waals surface area contributed by atoms with Crippen molar-refractivity contribution >= 4 is 27.0 Å². The molecule has 3 rings (SSSR count). The number of rotatable bonds is 4. The number of hydrogen-bond donors (Lipinski definition) is 2. The van der Waals surface area contributed by atoms with Crippen molar-refractivity contribution in [2.45, 2.75) is 12.5 Å². The zero-order valence-electron chi connectivity index (χ0n) is 11.0. The highest BCUT2D eigenvalue weighted by Crippen LogP contribution is 2.24. The Hall–Kier alpha value is -1.63. The minimum Gasteiger partial charge on any atom is -0.453 e. The van der Waals surface area contributed by atoms with Crippen LogP contribution in [0.3, 0.4) is 0 Å². The Morgan fingerprint density at radius 1 is 1.35 bits per heavy atom. The molecular formula is C14H15BrN4O. The number of imidazole rings is 1. The standard InChI is InChI=1S/C14H15BrN4O/c1-19-11-5-3-2-4-9(11)17-14(19)8-10(18-16)12-6-7-13(15)20-12/h2-7,10,18H,8,16H2,1H3. The SMILES string of the molecule is Cn1c(CC(NN)c2ccc(Br)o2)nc2ccccc21. The smallest absolute Gasteiger partial charge is 0.169 e. The fourth-order valence-electron chi connectivity index (χ4n) is 2.32. The lowest BCUT2D eigenvalue weighted by atomic mass is 10.1. The number of nitrogens with one attached hydrogen (secondary N) is 1. The van der Waals surface area contributed by atoms with E-state index in [9.17, 15) is 0 Å². The van der Waals surface area contributed by atoms with E-state index in [1.54, 1.807) is 0 Å². The van der Waals surface area contributed by atoms with Gasteiger partial charge in [0.1, 0.15) is 11.6 Å². The lowest BCUT2D eigenvalue weighted by Gasteiger charge is -2.13. The van der Waals surface area contributed by atoms with Gasteiger partial charge in [-0.1, -0.05) is 12.1 Å². The molecule has 6 heteroatoms. The summed E-state index contributed by atoms with van der Waals surface area (Å²) in [5.41, 5.74) is 4.88. The molecule has 0 saturated heterocycles. The summed E-state index contributed by atoms with van der Waals surface area (Å²) >= 11 is 3.30. The van der Waals surface area contributed by atoms with Crippen LogP contribution < -0.4 is 11.3 Å². The van der Waals surface area contributed by atoms with Gasteiger partial charge in [-0.3, -0.25) is 5.84 Å². The van der Waals surface area contributed by atoms with Crippen molar-refractivity contribution in [3.8, 4) is 0 Å². The highest BCUT2D eigenvalue weighted by atomic mass is 79.9. The number of nitrogens with zero attached hydrogens (tertiary/aromatic N) is 2. The number of benzene rings is 1. The number of nitrogens with two attached hydrogens (primary N) is 1. The summed E-state index contributed by atoms with van der Waals surface area (Å²) in [5, 5.41) is 0. The molecule has 0 bridgehead atoms. The maximum atomic E-state index is 5.64. The van der Waals surface area contributed by atoms with Crippen molar-refractivity contribution in [3.63, 3.8) is 0 Å². The van der Waals surface area contributed by atoms with Crippen LogP contribution in [0.4, 0.5) is 0 Å². The monoisotopic (exact) mass is 334 g/mol. The van der Waals surface area contributed by atoms with E-state index in [1.165, 1.54) is 0 Å². The summed E-state index contributed by atoms with van der Waals surface area (Å²) in [6, 6.07) is 11.7. The normalized spacial score (nSPS) is 12.9. The fourth-order valence-corrected chi connectivity index (χ4v) is 2.64. The van der Waals surface area contributed by atoms with Gasteiger partial charge >= 0.3 is 0 Å². The Balaban J connectivity index is 1.93. The molecule has 104 valence electrons. The Morgan fingerprint density at radius 3 is 2.80 bits per heavy atom. The van der Waals surface area contributed by atoms with E-state index < -0.39 is 0 Å². The van der Waals surface area contributed by atoms with E-state index in [-0.39, 0.29) is 6.04 Å². The molecule has 3 N–H and O–H groups in total. The van der Waals surface area contributed by atoms with E-state index in [4.69, 9.17) is 10.3 Å². The largest absolute Gasteiger partial charge is 0.453 e. The number of fused-ring (bicyclic) bond motifs is 1.